The Hall–Kier alpha value is -0.900. The summed E-state index contributed by atoms with van der Waals surface area (Å²) in [6.07, 6.45) is 4.82. The van der Waals surface area contributed by atoms with E-state index in [0.29, 0.717) is 6.04 Å². The van der Waals surface area contributed by atoms with Gasteiger partial charge in [0.05, 0.1) is 13.2 Å². The minimum Gasteiger partial charge on any atom is -0.381 e. The van der Waals surface area contributed by atoms with Gasteiger partial charge in [0.1, 0.15) is 0 Å². The molecule has 1 fully saturated rings. The number of hydrogen-bond acceptors (Lipinski definition) is 3. The van der Waals surface area contributed by atoms with E-state index >= 15 is 0 Å². The molecular weight excluding hydrogens is 262 g/mol. The summed E-state index contributed by atoms with van der Waals surface area (Å²) in [5.74, 6) is 0.789. The molecule has 0 saturated carbocycles. The van der Waals surface area contributed by atoms with Crippen LogP contribution in [0, 0.1) is 5.92 Å². The van der Waals surface area contributed by atoms with Crippen molar-refractivity contribution in [2.24, 2.45) is 5.92 Å². The Morgan fingerprint density at radius 2 is 1.95 bits per heavy atom. The van der Waals surface area contributed by atoms with Gasteiger partial charge in [-0.05, 0) is 54.8 Å². The predicted molar refractivity (Wildman–Crippen MR) is 84.1 cm³/mol. The summed E-state index contributed by atoms with van der Waals surface area (Å²) in [7, 11) is 0. The second kappa shape index (κ2) is 7.39. The van der Waals surface area contributed by atoms with E-state index in [2.05, 4.69) is 30.4 Å². The molecule has 1 N–H and O–H groups in total. The fourth-order valence-corrected chi connectivity index (χ4v) is 3.38. The molecule has 0 aromatic heterocycles. The summed E-state index contributed by atoms with van der Waals surface area (Å²) in [6.45, 7) is 6.74. The number of nitrogens with one attached hydrogen (secondary N) is 1. The standard InChI is InChI=1S/C18H27NO2/c1-2-7-19-18(10-14-5-8-20-9-6-14)15-3-4-16-12-21-13-17(16)11-15/h3-4,11,14,18-19H,2,5-10,12-13H2,1H3. The van der Waals surface area contributed by atoms with Crippen LogP contribution in [0.5, 0.6) is 0 Å². The lowest BCUT2D eigenvalue weighted by atomic mass is 9.88. The number of rotatable bonds is 6. The van der Waals surface area contributed by atoms with Crippen LogP contribution in [0.4, 0.5) is 0 Å². The van der Waals surface area contributed by atoms with Gasteiger partial charge in [0.15, 0.2) is 0 Å². The normalized spacial score (nSPS) is 20.4. The summed E-state index contributed by atoms with van der Waals surface area (Å²) < 4.78 is 11.0. The van der Waals surface area contributed by atoms with E-state index in [1.165, 1.54) is 42.4 Å². The smallest absolute Gasteiger partial charge is 0.0725 e. The molecule has 3 rings (SSSR count). The molecule has 0 aliphatic carbocycles. The van der Waals surface area contributed by atoms with Crippen LogP contribution in [0.15, 0.2) is 18.2 Å². The molecule has 0 radical (unpaired) electrons. The highest BCUT2D eigenvalue weighted by Crippen LogP contribution is 2.30. The molecule has 1 aromatic carbocycles. The van der Waals surface area contributed by atoms with Gasteiger partial charge in [-0.3, -0.25) is 0 Å². The van der Waals surface area contributed by atoms with E-state index in [9.17, 15) is 0 Å². The highest BCUT2D eigenvalue weighted by atomic mass is 16.5. The van der Waals surface area contributed by atoms with Gasteiger partial charge >= 0.3 is 0 Å². The van der Waals surface area contributed by atoms with Crippen molar-refractivity contribution < 1.29 is 9.47 Å². The highest BCUT2D eigenvalue weighted by Gasteiger charge is 2.21. The van der Waals surface area contributed by atoms with Crippen molar-refractivity contribution >= 4 is 0 Å². The van der Waals surface area contributed by atoms with Gasteiger partial charge in [-0.25, -0.2) is 0 Å². The van der Waals surface area contributed by atoms with Crippen molar-refractivity contribution in [1.82, 2.24) is 5.32 Å². The molecule has 3 nitrogen and oxygen atoms in total. The van der Waals surface area contributed by atoms with Gasteiger partial charge in [-0.15, -0.1) is 0 Å². The van der Waals surface area contributed by atoms with Gasteiger partial charge in [0.2, 0.25) is 0 Å². The van der Waals surface area contributed by atoms with Crippen LogP contribution in [-0.4, -0.2) is 19.8 Å². The Kier molecular flexibility index (Phi) is 5.28. The van der Waals surface area contributed by atoms with Crippen LogP contribution in [0.3, 0.4) is 0 Å². The molecule has 116 valence electrons. The van der Waals surface area contributed by atoms with Crippen molar-refractivity contribution in [2.75, 3.05) is 19.8 Å². The second-order valence-corrected chi connectivity index (χ2v) is 6.32. The zero-order valence-corrected chi connectivity index (χ0v) is 13.1. The SMILES string of the molecule is CCCNC(CC1CCOCC1)c1ccc2c(c1)COC2. The topological polar surface area (TPSA) is 30.5 Å². The molecule has 2 aliphatic rings. The molecule has 1 aromatic rings. The third-order valence-corrected chi connectivity index (χ3v) is 4.70. The first-order chi connectivity index (χ1) is 10.4. The first-order valence-corrected chi connectivity index (χ1v) is 8.37. The van der Waals surface area contributed by atoms with Crippen molar-refractivity contribution in [3.63, 3.8) is 0 Å². The maximum atomic E-state index is 5.54. The van der Waals surface area contributed by atoms with E-state index in [0.717, 1.165) is 38.9 Å². The van der Waals surface area contributed by atoms with Gasteiger partial charge in [-0.2, -0.15) is 0 Å². The molecule has 1 atom stereocenters. The molecular formula is C18H27NO2. The third-order valence-electron chi connectivity index (χ3n) is 4.70. The van der Waals surface area contributed by atoms with E-state index in [4.69, 9.17) is 9.47 Å². The largest absolute Gasteiger partial charge is 0.381 e. The fraction of sp³-hybridized carbons (Fsp3) is 0.667. The molecule has 0 spiro atoms. The number of benzene rings is 1. The molecule has 3 heteroatoms. The summed E-state index contributed by atoms with van der Waals surface area (Å²) >= 11 is 0. The lowest BCUT2D eigenvalue weighted by Crippen LogP contribution is -2.27. The Morgan fingerprint density at radius 3 is 2.76 bits per heavy atom. The summed E-state index contributed by atoms with van der Waals surface area (Å²) in [4.78, 5) is 0. The average Bonchev–Trinajstić information content (AvgIpc) is 3.00. The Labute approximate surface area is 128 Å². The maximum absolute atomic E-state index is 5.54. The molecule has 2 aliphatic heterocycles. The first kappa shape index (κ1) is 15.0. The molecule has 0 amide bonds. The molecule has 1 unspecified atom stereocenters. The Bertz CT molecular complexity index is 455. The summed E-state index contributed by atoms with van der Waals surface area (Å²) in [5, 5.41) is 3.74. The summed E-state index contributed by atoms with van der Waals surface area (Å²) in [5.41, 5.74) is 4.17. The average molecular weight is 289 g/mol. The van der Waals surface area contributed by atoms with E-state index in [1.807, 2.05) is 0 Å². The number of fused-ring (bicyclic) bond motifs is 1. The van der Waals surface area contributed by atoms with Crippen LogP contribution >= 0.6 is 0 Å². The molecule has 21 heavy (non-hydrogen) atoms. The lowest BCUT2D eigenvalue weighted by Gasteiger charge is -2.28. The van der Waals surface area contributed by atoms with Crippen LogP contribution in [0.25, 0.3) is 0 Å². The molecule has 2 heterocycles. The predicted octanol–water partition coefficient (Wildman–Crippen LogP) is 3.57. The van der Waals surface area contributed by atoms with Gasteiger partial charge in [-0.1, -0.05) is 25.1 Å². The molecule has 1 saturated heterocycles. The quantitative estimate of drug-likeness (QED) is 0.868. The minimum atomic E-state index is 0.471. The highest BCUT2D eigenvalue weighted by molar-refractivity contribution is 5.34. The third kappa shape index (κ3) is 3.85. The second-order valence-electron chi connectivity index (χ2n) is 6.32. The number of ether oxygens (including phenoxy) is 2. The zero-order valence-electron chi connectivity index (χ0n) is 13.1. The minimum absolute atomic E-state index is 0.471. The fourth-order valence-electron chi connectivity index (χ4n) is 3.38. The summed E-state index contributed by atoms with van der Waals surface area (Å²) in [6, 6.07) is 7.37. The van der Waals surface area contributed by atoms with Crippen LogP contribution in [0.1, 0.15) is 55.3 Å². The maximum Gasteiger partial charge on any atom is 0.0725 e. The van der Waals surface area contributed by atoms with Gasteiger partial charge in [0, 0.05) is 19.3 Å². The first-order valence-electron chi connectivity index (χ1n) is 8.37. The van der Waals surface area contributed by atoms with Crippen molar-refractivity contribution in [1.29, 1.82) is 0 Å². The lowest BCUT2D eigenvalue weighted by molar-refractivity contribution is 0.0605. The van der Waals surface area contributed by atoms with Crippen LogP contribution in [-0.2, 0) is 22.7 Å². The van der Waals surface area contributed by atoms with Gasteiger partial charge < -0.3 is 14.8 Å². The van der Waals surface area contributed by atoms with Gasteiger partial charge in [0.25, 0.3) is 0 Å². The van der Waals surface area contributed by atoms with E-state index in [1.54, 1.807) is 0 Å². The van der Waals surface area contributed by atoms with Crippen molar-refractivity contribution in [3.05, 3.63) is 34.9 Å². The van der Waals surface area contributed by atoms with Crippen molar-refractivity contribution in [3.8, 4) is 0 Å². The van der Waals surface area contributed by atoms with Crippen molar-refractivity contribution in [2.45, 2.75) is 51.9 Å². The molecule has 0 bridgehead atoms. The van der Waals surface area contributed by atoms with Crippen LogP contribution < -0.4 is 5.32 Å². The van der Waals surface area contributed by atoms with E-state index in [-0.39, 0.29) is 0 Å². The Balaban J connectivity index is 1.71. The number of hydrogen-bond donors (Lipinski definition) is 1. The van der Waals surface area contributed by atoms with E-state index < -0.39 is 0 Å². The monoisotopic (exact) mass is 289 g/mol. The van der Waals surface area contributed by atoms with Crippen LogP contribution in [0.2, 0.25) is 0 Å². The zero-order chi connectivity index (χ0) is 14.5. The Morgan fingerprint density at radius 1 is 1.14 bits per heavy atom.